The summed E-state index contributed by atoms with van der Waals surface area (Å²) in [5.74, 6) is -0.587. The number of ether oxygens (including phenoxy) is 2. The fourth-order valence-electron chi connectivity index (χ4n) is 7.60. The second-order valence-corrected chi connectivity index (χ2v) is 17.0. The third kappa shape index (κ3) is 6.92. The first-order valence-electron chi connectivity index (χ1n) is 18.1. The molecule has 4 fully saturated rings. The first-order valence-corrected chi connectivity index (χ1v) is 19.6. The van der Waals surface area contributed by atoms with Crippen molar-refractivity contribution >= 4 is 38.8 Å². The number of hydrogen-bond donors (Lipinski definition) is 3. The Bertz CT molecular complexity index is 1810. The van der Waals surface area contributed by atoms with Gasteiger partial charge in [-0.05, 0) is 75.3 Å². The molecular weight excluding hydrogens is 660 g/mol. The second-order valence-electron chi connectivity index (χ2n) is 15.0. The second kappa shape index (κ2) is 13.4. The largest absolute Gasteiger partial charge is 0.497 e. The molecule has 4 N–H and O–H groups in total. The minimum absolute atomic E-state index is 0.0868. The number of fused-ring (bicyclic) bond motifs is 3. The van der Waals surface area contributed by atoms with E-state index in [0.717, 1.165) is 43.3 Å². The number of hydrogen-bond acceptors (Lipinski definition) is 10. The van der Waals surface area contributed by atoms with Gasteiger partial charge in [0.25, 0.3) is 5.91 Å². The van der Waals surface area contributed by atoms with Crippen molar-refractivity contribution in [3.8, 4) is 11.6 Å². The van der Waals surface area contributed by atoms with Gasteiger partial charge >= 0.3 is 0 Å². The number of benzene rings is 1. The zero-order chi connectivity index (χ0) is 35.4. The van der Waals surface area contributed by atoms with Crippen molar-refractivity contribution in [3.63, 3.8) is 0 Å². The smallest absolute Gasteiger partial charge is 0.259 e. The summed E-state index contributed by atoms with van der Waals surface area (Å²) in [5.41, 5.74) is 7.35. The van der Waals surface area contributed by atoms with Crippen LogP contribution in [-0.4, -0.2) is 83.6 Å². The first-order chi connectivity index (χ1) is 23.9. The quantitative estimate of drug-likeness (QED) is 0.345. The summed E-state index contributed by atoms with van der Waals surface area (Å²) in [4.78, 5) is 53.4. The van der Waals surface area contributed by atoms with E-state index in [2.05, 4.69) is 17.0 Å². The van der Waals surface area contributed by atoms with Crippen LogP contribution in [0.3, 0.4) is 0 Å². The molecule has 14 heteroatoms. The van der Waals surface area contributed by atoms with Crippen molar-refractivity contribution in [2.45, 2.75) is 113 Å². The lowest BCUT2D eigenvalue weighted by Crippen LogP contribution is -2.58. The van der Waals surface area contributed by atoms with E-state index >= 15 is 0 Å². The predicted molar refractivity (Wildman–Crippen MR) is 186 cm³/mol. The summed E-state index contributed by atoms with van der Waals surface area (Å²) in [7, 11) is -2.26. The van der Waals surface area contributed by atoms with Crippen molar-refractivity contribution < 1.29 is 32.3 Å². The van der Waals surface area contributed by atoms with E-state index in [0.29, 0.717) is 42.3 Å². The SMILES string of the molecule is CC[C@@H]1C[C@H](C)CCC=C[C@@H]2C[C@@]2(C(=O)NS(=O)(=O)C2CC2)NC(=O)[C@@H]2C[C@@H](Oc3nc4cc(OC)ccc4nc3C3CC3)CN2C(=O)[C@H]1N. The molecule has 5 aliphatic rings. The van der Waals surface area contributed by atoms with Gasteiger partial charge in [-0.25, -0.2) is 18.4 Å². The summed E-state index contributed by atoms with van der Waals surface area (Å²) in [6.07, 6.45) is 9.74. The molecule has 7 rings (SSSR count). The molecule has 1 aromatic heterocycles. The number of nitrogens with zero attached hydrogens (tertiary/aromatic N) is 3. The average Bonchev–Trinajstić information content (AvgIpc) is 3.98. The minimum atomic E-state index is -3.85. The Morgan fingerprint density at radius 3 is 2.60 bits per heavy atom. The summed E-state index contributed by atoms with van der Waals surface area (Å²) in [6.45, 7) is 4.27. The Labute approximate surface area is 293 Å². The monoisotopic (exact) mass is 708 g/mol. The molecule has 0 radical (unpaired) electrons. The molecule has 3 amide bonds. The van der Waals surface area contributed by atoms with Crippen LogP contribution in [0.5, 0.6) is 11.6 Å². The maximum absolute atomic E-state index is 14.3. The third-order valence-corrected chi connectivity index (χ3v) is 13.0. The predicted octanol–water partition coefficient (Wildman–Crippen LogP) is 3.08. The van der Waals surface area contributed by atoms with E-state index in [9.17, 15) is 22.8 Å². The Hall–Kier alpha value is -3.78. The normalized spacial score (nSPS) is 32.0. The van der Waals surface area contributed by atoms with Gasteiger partial charge in [0, 0.05) is 24.3 Å². The van der Waals surface area contributed by atoms with Crippen LogP contribution in [-0.2, 0) is 24.4 Å². The highest BCUT2D eigenvalue weighted by atomic mass is 32.2. The summed E-state index contributed by atoms with van der Waals surface area (Å²) in [6, 6.07) is 3.66. The molecule has 0 bridgehead atoms. The van der Waals surface area contributed by atoms with E-state index in [-0.39, 0.29) is 43.0 Å². The summed E-state index contributed by atoms with van der Waals surface area (Å²) >= 11 is 0. The van der Waals surface area contributed by atoms with E-state index < -0.39 is 50.8 Å². The molecule has 3 heterocycles. The van der Waals surface area contributed by atoms with Gasteiger partial charge in [0.15, 0.2) is 0 Å². The molecule has 0 unspecified atom stereocenters. The molecule has 13 nitrogen and oxygen atoms in total. The fraction of sp³-hybridized carbons (Fsp3) is 0.639. The molecule has 2 aliphatic heterocycles. The number of sulfonamides is 1. The van der Waals surface area contributed by atoms with Gasteiger partial charge in [0.05, 0.1) is 36.0 Å². The van der Waals surface area contributed by atoms with Crippen LogP contribution in [0.4, 0.5) is 0 Å². The summed E-state index contributed by atoms with van der Waals surface area (Å²) in [5, 5.41) is 2.33. The van der Waals surface area contributed by atoms with Crippen molar-refractivity contribution in [1.29, 1.82) is 0 Å². The van der Waals surface area contributed by atoms with Crippen molar-refractivity contribution in [2.24, 2.45) is 23.5 Å². The van der Waals surface area contributed by atoms with Crippen molar-refractivity contribution in [2.75, 3.05) is 13.7 Å². The maximum Gasteiger partial charge on any atom is 0.259 e. The number of aromatic nitrogens is 2. The van der Waals surface area contributed by atoms with E-state index in [1.165, 1.54) is 4.90 Å². The van der Waals surface area contributed by atoms with Crippen LogP contribution in [0.15, 0.2) is 30.4 Å². The highest BCUT2D eigenvalue weighted by molar-refractivity contribution is 7.91. The van der Waals surface area contributed by atoms with Crippen LogP contribution in [0.25, 0.3) is 11.0 Å². The van der Waals surface area contributed by atoms with Crippen molar-refractivity contribution in [1.82, 2.24) is 24.9 Å². The lowest BCUT2D eigenvalue weighted by atomic mass is 9.85. The average molecular weight is 709 g/mol. The van der Waals surface area contributed by atoms with Gasteiger partial charge in [0.1, 0.15) is 29.1 Å². The number of carbonyl (C=O) groups excluding carboxylic acids is 3. The van der Waals surface area contributed by atoms with Crippen molar-refractivity contribution in [3.05, 3.63) is 36.0 Å². The number of allylic oxidation sites excluding steroid dienone is 1. The van der Waals surface area contributed by atoms with Crippen LogP contribution < -0.4 is 25.2 Å². The number of amides is 3. The van der Waals surface area contributed by atoms with E-state index in [1.807, 2.05) is 31.2 Å². The molecule has 1 saturated heterocycles. The Morgan fingerprint density at radius 2 is 1.90 bits per heavy atom. The minimum Gasteiger partial charge on any atom is -0.497 e. The zero-order valence-corrected chi connectivity index (χ0v) is 29.8. The Balaban J connectivity index is 1.20. The fourth-order valence-corrected chi connectivity index (χ4v) is 8.97. The van der Waals surface area contributed by atoms with Crippen LogP contribution in [0, 0.1) is 17.8 Å². The van der Waals surface area contributed by atoms with Crippen LogP contribution in [0.2, 0.25) is 0 Å². The molecule has 7 atom stereocenters. The van der Waals surface area contributed by atoms with Gasteiger partial charge in [-0.2, -0.15) is 0 Å². The lowest BCUT2D eigenvalue weighted by Gasteiger charge is -2.31. The molecule has 0 spiro atoms. The molecule has 1 aromatic carbocycles. The van der Waals surface area contributed by atoms with Gasteiger partial charge in [-0.15, -0.1) is 0 Å². The molecule has 3 aliphatic carbocycles. The molecular formula is C36H48N6O7S. The van der Waals surface area contributed by atoms with Gasteiger partial charge in [-0.1, -0.05) is 32.4 Å². The number of rotatable bonds is 8. The molecule has 2 aromatic rings. The molecule has 50 heavy (non-hydrogen) atoms. The summed E-state index contributed by atoms with van der Waals surface area (Å²) < 4.78 is 39.8. The number of carbonyl (C=O) groups is 3. The third-order valence-electron chi connectivity index (χ3n) is 11.1. The van der Waals surface area contributed by atoms with Crippen LogP contribution in [0.1, 0.15) is 89.7 Å². The highest BCUT2D eigenvalue weighted by Gasteiger charge is 2.62. The van der Waals surface area contributed by atoms with Gasteiger partial charge in [0.2, 0.25) is 27.7 Å². The Kier molecular flexibility index (Phi) is 9.29. The number of nitrogens with two attached hydrogens (primary N) is 1. The van der Waals surface area contributed by atoms with Gasteiger partial charge in [-0.3, -0.25) is 19.1 Å². The number of methoxy groups -OCH3 is 1. The van der Waals surface area contributed by atoms with Gasteiger partial charge < -0.3 is 25.4 Å². The highest BCUT2D eigenvalue weighted by Crippen LogP contribution is 2.47. The van der Waals surface area contributed by atoms with E-state index in [1.54, 1.807) is 13.2 Å². The first kappa shape index (κ1) is 34.7. The topological polar surface area (TPSA) is 183 Å². The van der Waals surface area contributed by atoms with E-state index in [4.69, 9.17) is 25.2 Å². The number of nitrogens with one attached hydrogen (secondary N) is 2. The lowest BCUT2D eigenvalue weighted by molar-refractivity contribution is -0.141. The Morgan fingerprint density at radius 1 is 1.12 bits per heavy atom. The zero-order valence-electron chi connectivity index (χ0n) is 29.0. The molecule has 3 saturated carbocycles. The van der Waals surface area contributed by atoms with Crippen LogP contribution >= 0.6 is 0 Å². The molecule has 270 valence electrons. The maximum atomic E-state index is 14.3. The standard InChI is InChI=1S/C36H48N6O7S/c1-4-21-15-20(2)7-5-6-8-23-18-36(23,35(45)41-50(46,47)26-12-13-26)40-32(43)29-17-25(19-42(29)34(44)30(21)37)49-33-31(22-9-10-22)38-27-14-11-24(48-3)16-28(27)39-33/h6,8,11,14,16,20-23,25-26,29-30H,4-5,7,9-10,12-13,15,17-19,37H2,1-3H3,(H,40,43)(H,41,45)/t20-,21-,23-,25-,29+,30+,36-/m1/s1.